The molecule has 1 aliphatic rings. The third kappa shape index (κ3) is 5.66. The van der Waals surface area contributed by atoms with Gasteiger partial charge in [0.25, 0.3) is 0 Å². The molecule has 0 aliphatic carbocycles. The van der Waals surface area contributed by atoms with Crippen LogP contribution in [0.2, 0.25) is 0 Å². The van der Waals surface area contributed by atoms with Gasteiger partial charge in [-0.1, -0.05) is 19.3 Å². The minimum atomic E-state index is -0.0954. The predicted molar refractivity (Wildman–Crippen MR) is 148 cm³/mol. The summed E-state index contributed by atoms with van der Waals surface area (Å²) in [7, 11) is 6.74. The van der Waals surface area contributed by atoms with Crippen LogP contribution in [-0.2, 0) is 28.9 Å². The fourth-order valence-corrected chi connectivity index (χ4v) is 5.53. The molecule has 1 aliphatic heterocycles. The number of fused-ring (bicyclic) bond motifs is 4. The number of rotatable bonds is 13. The fourth-order valence-electron chi connectivity index (χ4n) is 5.53. The lowest BCUT2D eigenvalue weighted by molar-refractivity contribution is -0.686. The van der Waals surface area contributed by atoms with Crippen LogP contribution in [0.5, 0.6) is 23.0 Å². The molecule has 0 N–H and O–H groups in total. The molecule has 7 nitrogen and oxygen atoms in total. The van der Waals surface area contributed by atoms with E-state index in [4.69, 9.17) is 23.7 Å². The first-order valence-corrected chi connectivity index (χ1v) is 13.6. The molecule has 0 atom stereocenters. The molecule has 0 unspecified atom stereocenters. The third-order valence-electron chi connectivity index (χ3n) is 7.37. The van der Waals surface area contributed by atoms with E-state index < -0.39 is 0 Å². The van der Waals surface area contributed by atoms with Crippen LogP contribution < -0.4 is 23.5 Å². The molecular weight excluding hydrogens is 482 g/mol. The Kier molecular flexibility index (Phi) is 9.32. The molecule has 0 saturated heterocycles. The summed E-state index contributed by atoms with van der Waals surface area (Å²) in [6, 6.07) is 8.38. The summed E-state index contributed by atoms with van der Waals surface area (Å²) in [6.45, 7) is 3.17. The monoisotopic (exact) mass is 522 g/mol. The molecule has 204 valence electrons. The van der Waals surface area contributed by atoms with Crippen molar-refractivity contribution in [1.29, 1.82) is 0 Å². The minimum absolute atomic E-state index is 0.0954. The van der Waals surface area contributed by atoms with E-state index in [1.807, 2.05) is 13.0 Å². The fraction of sp³-hybridized carbons (Fsp3) is 0.484. The molecule has 0 radical (unpaired) electrons. The molecule has 4 rings (SSSR count). The summed E-state index contributed by atoms with van der Waals surface area (Å²) in [5.74, 6) is 2.90. The van der Waals surface area contributed by atoms with Crippen molar-refractivity contribution in [2.75, 3.05) is 35.0 Å². The number of aromatic nitrogens is 1. The van der Waals surface area contributed by atoms with E-state index in [2.05, 4.69) is 29.0 Å². The van der Waals surface area contributed by atoms with Gasteiger partial charge in [0.2, 0.25) is 5.69 Å². The van der Waals surface area contributed by atoms with Gasteiger partial charge in [0, 0.05) is 23.8 Å². The molecule has 2 aromatic carbocycles. The Morgan fingerprint density at radius 1 is 0.842 bits per heavy atom. The molecule has 38 heavy (non-hydrogen) atoms. The zero-order valence-corrected chi connectivity index (χ0v) is 23.4. The number of unbranched alkanes of at least 4 members (excludes halogenated alkanes) is 4. The summed E-state index contributed by atoms with van der Waals surface area (Å²) in [4.78, 5) is 11.6. The van der Waals surface area contributed by atoms with Gasteiger partial charge in [-0.3, -0.25) is 4.79 Å². The zero-order chi connectivity index (χ0) is 27.1. The Morgan fingerprint density at radius 3 is 2.26 bits per heavy atom. The smallest absolute Gasteiger partial charge is 0.305 e. The first-order chi connectivity index (χ1) is 18.6. The van der Waals surface area contributed by atoms with Gasteiger partial charge in [-0.05, 0) is 56.0 Å². The number of carbonyl (C=O) groups excluding carboxylic acids is 1. The number of aryl methyl sites for hydroxylation is 3. The average molecular weight is 523 g/mol. The Balaban J connectivity index is 1.68. The number of hydrogen-bond acceptors (Lipinski definition) is 6. The van der Waals surface area contributed by atoms with Crippen molar-refractivity contribution in [2.45, 2.75) is 64.8 Å². The average Bonchev–Trinajstić information content (AvgIpc) is 2.94. The van der Waals surface area contributed by atoms with Crippen molar-refractivity contribution in [1.82, 2.24) is 0 Å². The molecule has 0 fully saturated rings. The van der Waals surface area contributed by atoms with E-state index in [-0.39, 0.29) is 5.97 Å². The van der Waals surface area contributed by atoms with Crippen molar-refractivity contribution in [3.63, 3.8) is 0 Å². The number of ether oxygens (including phenoxy) is 5. The molecule has 0 saturated carbocycles. The highest BCUT2D eigenvalue weighted by Gasteiger charge is 2.31. The van der Waals surface area contributed by atoms with Gasteiger partial charge in [-0.25, -0.2) is 0 Å². The second kappa shape index (κ2) is 12.9. The van der Waals surface area contributed by atoms with Crippen LogP contribution in [0.1, 0.15) is 56.6 Å². The van der Waals surface area contributed by atoms with Gasteiger partial charge in [0.1, 0.15) is 0 Å². The van der Waals surface area contributed by atoms with Crippen LogP contribution in [-0.4, -0.2) is 41.0 Å². The lowest BCUT2D eigenvalue weighted by atomic mass is 9.89. The first kappa shape index (κ1) is 27.6. The first-order valence-electron chi connectivity index (χ1n) is 13.6. The van der Waals surface area contributed by atoms with E-state index in [1.165, 1.54) is 27.8 Å². The molecular formula is C31H40NO6+. The summed E-state index contributed by atoms with van der Waals surface area (Å²) in [5.41, 5.74) is 5.00. The van der Waals surface area contributed by atoms with Gasteiger partial charge in [0.05, 0.1) is 46.0 Å². The van der Waals surface area contributed by atoms with Crippen LogP contribution in [0.3, 0.4) is 0 Å². The third-order valence-corrected chi connectivity index (χ3v) is 7.37. The van der Waals surface area contributed by atoms with Crippen molar-refractivity contribution < 1.29 is 33.0 Å². The van der Waals surface area contributed by atoms with E-state index >= 15 is 0 Å². The normalized spacial score (nSPS) is 12.0. The van der Waals surface area contributed by atoms with Crippen LogP contribution in [0.4, 0.5) is 0 Å². The number of nitrogens with zero attached hydrogens (tertiary/aromatic N) is 1. The molecule has 0 spiro atoms. The topological polar surface area (TPSA) is 67.1 Å². The molecule has 3 aromatic rings. The van der Waals surface area contributed by atoms with E-state index in [1.54, 1.807) is 28.4 Å². The highest BCUT2D eigenvalue weighted by molar-refractivity contribution is 5.95. The highest BCUT2D eigenvalue weighted by Crippen LogP contribution is 2.42. The summed E-state index contributed by atoms with van der Waals surface area (Å²) in [5, 5.41) is 2.24. The number of benzene rings is 2. The number of esters is 1. The molecule has 0 bridgehead atoms. The quantitative estimate of drug-likeness (QED) is 0.160. The van der Waals surface area contributed by atoms with Gasteiger partial charge in [-0.15, -0.1) is 0 Å². The number of methoxy groups -OCH3 is 4. The van der Waals surface area contributed by atoms with Crippen LogP contribution in [0.15, 0.2) is 30.5 Å². The van der Waals surface area contributed by atoms with Crippen molar-refractivity contribution in [3.8, 4) is 34.3 Å². The Hall–Kier alpha value is -3.48. The predicted octanol–water partition coefficient (Wildman–Crippen LogP) is 5.83. The van der Waals surface area contributed by atoms with Crippen LogP contribution in [0.25, 0.3) is 22.0 Å². The Morgan fingerprint density at radius 2 is 1.55 bits per heavy atom. The van der Waals surface area contributed by atoms with Crippen molar-refractivity contribution >= 4 is 16.7 Å². The largest absolute Gasteiger partial charge is 0.493 e. The minimum Gasteiger partial charge on any atom is -0.493 e. The highest BCUT2D eigenvalue weighted by atomic mass is 16.5. The number of hydrogen-bond donors (Lipinski definition) is 0. The van der Waals surface area contributed by atoms with Crippen molar-refractivity contribution in [3.05, 3.63) is 41.6 Å². The molecule has 1 aromatic heterocycles. The zero-order valence-electron chi connectivity index (χ0n) is 23.4. The Labute approximate surface area is 225 Å². The summed E-state index contributed by atoms with van der Waals surface area (Å²) < 4.78 is 30.1. The van der Waals surface area contributed by atoms with Gasteiger partial charge in [0.15, 0.2) is 35.7 Å². The molecule has 7 heteroatoms. The van der Waals surface area contributed by atoms with E-state index in [0.29, 0.717) is 13.0 Å². The SMILES string of the molecule is CCOC(=O)CCCCCCCc1c2[n+](cc3c(OC)c(OC)ccc13)CCc1cc(OC)c(OC)cc1-2. The summed E-state index contributed by atoms with van der Waals surface area (Å²) >= 11 is 0. The molecule has 2 heterocycles. The van der Waals surface area contributed by atoms with Gasteiger partial charge >= 0.3 is 5.97 Å². The maximum Gasteiger partial charge on any atom is 0.305 e. The maximum atomic E-state index is 11.6. The Bertz CT molecular complexity index is 1290. The lowest BCUT2D eigenvalue weighted by Gasteiger charge is -2.22. The van der Waals surface area contributed by atoms with Crippen LogP contribution >= 0.6 is 0 Å². The van der Waals surface area contributed by atoms with E-state index in [0.717, 1.165) is 79.9 Å². The van der Waals surface area contributed by atoms with Crippen molar-refractivity contribution in [2.24, 2.45) is 0 Å². The molecule has 0 amide bonds. The maximum absolute atomic E-state index is 11.6. The second-order valence-corrected chi connectivity index (χ2v) is 9.60. The summed E-state index contributed by atoms with van der Waals surface area (Å²) in [6.07, 6.45) is 9.72. The second-order valence-electron chi connectivity index (χ2n) is 9.60. The lowest BCUT2D eigenvalue weighted by Crippen LogP contribution is -2.41. The standard InChI is InChI=1S/C31H40NO6/c1-6-38-29(33)13-11-9-7-8-10-12-23-22-14-15-26(34-2)31(37-5)25(22)20-32-17-16-21-18-27(35-3)28(36-4)19-24(21)30(23)32/h14-15,18-20H,6-13,16-17H2,1-5H3/q+1. The number of pyridine rings is 1. The van der Waals surface area contributed by atoms with Gasteiger partial charge < -0.3 is 23.7 Å². The number of carbonyl (C=O) groups is 1. The van der Waals surface area contributed by atoms with E-state index in [9.17, 15) is 4.79 Å². The van der Waals surface area contributed by atoms with Gasteiger partial charge in [-0.2, -0.15) is 4.57 Å². The van der Waals surface area contributed by atoms with Crippen LogP contribution in [0, 0.1) is 0 Å².